The largest absolute Gasteiger partial charge is 0.466 e. The number of ether oxygens (including phenoxy) is 2. The third kappa shape index (κ3) is 4.75. The second kappa shape index (κ2) is 8.24. The van der Waals surface area contributed by atoms with Gasteiger partial charge in [-0.1, -0.05) is 20.8 Å². The summed E-state index contributed by atoms with van der Waals surface area (Å²) in [6, 6.07) is 2.06. The van der Waals surface area contributed by atoms with Crippen LogP contribution >= 0.6 is 15.9 Å². The van der Waals surface area contributed by atoms with Gasteiger partial charge in [-0.15, -0.1) is 0 Å². The molecule has 1 aromatic heterocycles. The molecule has 1 aromatic rings. The Labute approximate surface area is 173 Å². The number of primary amides is 1. The van der Waals surface area contributed by atoms with E-state index in [-0.39, 0.29) is 30.1 Å². The summed E-state index contributed by atoms with van der Waals surface area (Å²) in [5.41, 5.74) is 5.88. The molecule has 2 atom stereocenters. The fraction of sp³-hybridized carbons (Fsp3) is 0.632. The average molecular weight is 455 g/mol. The molecular formula is C19H27BrN4O4. The summed E-state index contributed by atoms with van der Waals surface area (Å²) in [6.45, 7) is 8.56. The van der Waals surface area contributed by atoms with E-state index in [4.69, 9.17) is 15.2 Å². The Hall–Kier alpha value is -1.87. The molecule has 0 saturated carbocycles. The zero-order valence-corrected chi connectivity index (χ0v) is 18.1. The third-order valence-electron chi connectivity index (χ3n) is 5.28. The summed E-state index contributed by atoms with van der Waals surface area (Å²) in [5.74, 6) is 0.399. The van der Waals surface area contributed by atoms with Gasteiger partial charge in [0.2, 0.25) is 5.88 Å². The lowest BCUT2D eigenvalue weighted by Gasteiger charge is -2.46. The van der Waals surface area contributed by atoms with Crippen LogP contribution in [0.15, 0.2) is 16.7 Å². The van der Waals surface area contributed by atoms with Gasteiger partial charge in [-0.25, -0.2) is 9.78 Å². The fourth-order valence-electron chi connectivity index (χ4n) is 3.96. The molecule has 0 bridgehead atoms. The maximum absolute atomic E-state index is 12.5. The van der Waals surface area contributed by atoms with Crippen molar-refractivity contribution >= 4 is 33.6 Å². The van der Waals surface area contributed by atoms with Crippen molar-refractivity contribution in [2.75, 3.05) is 31.1 Å². The lowest BCUT2D eigenvalue weighted by molar-refractivity contribution is -0.121. The topological polar surface area (TPSA) is 98.0 Å². The number of nitrogens with two attached hydrogens (primary N) is 1. The summed E-state index contributed by atoms with van der Waals surface area (Å²) in [4.78, 5) is 32.0. The van der Waals surface area contributed by atoms with Crippen molar-refractivity contribution in [3.05, 3.63) is 16.7 Å². The van der Waals surface area contributed by atoms with Crippen molar-refractivity contribution in [1.82, 2.24) is 9.88 Å². The van der Waals surface area contributed by atoms with Crippen LogP contribution in [0.1, 0.15) is 33.6 Å². The van der Waals surface area contributed by atoms with E-state index in [0.29, 0.717) is 24.7 Å². The van der Waals surface area contributed by atoms with E-state index < -0.39 is 6.09 Å². The number of carbonyl (C=O) groups is 2. The molecular weight excluding hydrogens is 428 g/mol. The molecule has 1 fully saturated rings. The van der Waals surface area contributed by atoms with Crippen LogP contribution in [0.5, 0.6) is 5.88 Å². The second-order valence-electron chi connectivity index (χ2n) is 8.31. The van der Waals surface area contributed by atoms with Gasteiger partial charge in [-0.3, -0.25) is 9.69 Å². The van der Waals surface area contributed by atoms with Gasteiger partial charge in [0.05, 0.1) is 0 Å². The second-order valence-corrected chi connectivity index (χ2v) is 9.23. The van der Waals surface area contributed by atoms with E-state index in [1.807, 2.05) is 6.07 Å². The molecule has 2 aliphatic heterocycles. The van der Waals surface area contributed by atoms with Gasteiger partial charge in [0, 0.05) is 42.8 Å². The van der Waals surface area contributed by atoms with E-state index in [2.05, 4.69) is 46.6 Å². The quantitative estimate of drug-likeness (QED) is 0.750. The number of hydrogen-bond donors (Lipinski definition) is 1. The standard InChI is InChI=1S/C19H27BrN4O4/c1-19(2,3)15-9-13(28-18(21)26)4-5-23(15)6-7-24-14-8-12(20)10-22-17(14)27-11-16(24)25/h8,10,13,15H,4-7,9,11H2,1-3H3,(H2,21,26). The van der Waals surface area contributed by atoms with Gasteiger partial charge >= 0.3 is 6.09 Å². The maximum Gasteiger partial charge on any atom is 0.404 e. The van der Waals surface area contributed by atoms with Crippen LogP contribution in [0, 0.1) is 5.41 Å². The molecule has 2 amide bonds. The number of likely N-dealkylation sites (tertiary alicyclic amines) is 1. The minimum atomic E-state index is -0.722. The molecule has 0 radical (unpaired) electrons. The fourth-order valence-corrected chi connectivity index (χ4v) is 4.28. The van der Waals surface area contributed by atoms with Crippen LogP contribution in [0.4, 0.5) is 10.5 Å². The van der Waals surface area contributed by atoms with Crippen LogP contribution in [-0.4, -0.2) is 60.3 Å². The Morgan fingerprint density at radius 3 is 2.86 bits per heavy atom. The zero-order chi connectivity index (χ0) is 20.5. The number of pyridine rings is 1. The molecule has 154 valence electrons. The molecule has 0 aliphatic carbocycles. The Morgan fingerprint density at radius 2 is 2.18 bits per heavy atom. The number of fused-ring (bicyclic) bond motifs is 1. The number of nitrogens with zero attached hydrogens (tertiary/aromatic N) is 3. The molecule has 9 heteroatoms. The van der Waals surface area contributed by atoms with Gasteiger partial charge in [0.25, 0.3) is 5.91 Å². The molecule has 2 N–H and O–H groups in total. The predicted molar refractivity (Wildman–Crippen MR) is 108 cm³/mol. The minimum absolute atomic E-state index is 0.00113. The molecule has 28 heavy (non-hydrogen) atoms. The van der Waals surface area contributed by atoms with Crippen LogP contribution < -0.4 is 15.4 Å². The summed E-state index contributed by atoms with van der Waals surface area (Å²) in [5, 5.41) is 0. The predicted octanol–water partition coefficient (Wildman–Crippen LogP) is 2.54. The first-order valence-electron chi connectivity index (χ1n) is 9.44. The summed E-state index contributed by atoms with van der Waals surface area (Å²) >= 11 is 3.41. The summed E-state index contributed by atoms with van der Waals surface area (Å²) < 4.78 is 11.5. The van der Waals surface area contributed by atoms with Crippen molar-refractivity contribution in [3.63, 3.8) is 0 Å². The molecule has 0 spiro atoms. The van der Waals surface area contributed by atoms with Gasteiger partial charge in [0.1, 0.15) is 11.8 Å². The van der Waals surface area contributed by atoms with Crippen LogP contribution in [0.2, 0.25) is 0 Å². The number of rotatable bonds is 4. The Balaban J connectivity index is 1.72. The Kier molecular flexibility index (Phi) is 6.14. The van der Waals surface area contributed by atoms with Gasteiger partial charge in [-0.05, 0) is 33.8 Å². The van der Waals surface area contributed by atoms with Crippen molar-refractivity contribution in [2.45, 2.75) is 45.8 Å². The van der Waals surface area contributed by atoms with Crippen molar-refractivity contribution in [2.24, 2.45) is 11.1 Å². The number of hydrogen-bond acceptors (Lipinski definition) is 6. The van der Waals surface area contributed by atoms with Crippen LogP contribution in [0.3, 0.4) is 0 Å². The average Bonchev–Trinajstić information content (AvgIpc) is 2.60. The first-order valence-corrected chi connectivity index (χ1v) is 10.2. The molecule has 3 heterocycles. The van der Waals surface area contributed by atoms with E-state index in [1.165, 1.54) is 0 Å². The summed E-state index contributed by atoms with van der Waals surface area (Å²) in [6.07, 6.45) is 2.23. The molecule has 0 aromatic carbocycles. The van der Waals surface area contributed by atoms with Crippen molar-refractivity contribution in [3.8, 4) is 5.88 Å². The smallest absolute Gasteiger partial charge is 0.404 e. The Morgan fingerprint density at radius 1 is 1.43 bits per heavy atom. The number of piperidine rings is 1. The van der Waals surface area contributed by atoms with Crippen LogP contribution in [-0.2, 0) is 9.53 Å². The highest BCUT2D eigenvalue weighted by atomic mass is 79.9. The monoisotopic (exact) mass is 454 g/mol. The number of anilines is 1. The van der Waals surface area contributed by atoms with Crippen molar-refractivity contribution < 1.29 is 19.1 Å². The number of carbonyl (C=O) groups excluding carboxylic acids is 2. The molecule has 8 nitrogen and oxygen atoms in total. The first kappa shape index (κ1) is 20.9. The van der Waals surface area contributed by atoms with E-state index >= 15 is 0 Å². The van der Waals surface area contributed by atoms with Crippen molar-refractivity contribution in [1.29, 1.82) is 0 Å². The van der Waals surface area contributed by atoms with Gasteiger partial charge in [0.15, 0.2) is 6.61 Å². The zero-order valence-electron chi connectivity index (χ0n) is 16.5. The van der Waals surface area contributed by atoms with Crippen LogP contribution in [0.25, 0.3) is 0 Å². The molecule has 3 rings (SSSR count). The normalized spacial score (nSPS) is 23.1. The first-order chi connectivity index (χ1) is 13.1. The highest BCUT2D eigenvalue weighted by Gasteiger charge is 2.38. The Bertz CT molecular complexity index is 752. The van der Waals surface area contributed by atoms with Gasteiger partial charge < -0.3 is 20.1 Å². The lowest BCUT2D eigenvalue weighted by atomic mass is 9.79. The SMILES string of the molecule is CC(C)(C)C1CC(OC(N)=O)CCN1CCN1C(=O)COc2ncc(Br)cc21. The highest BCUT2D eigenvalue weighted by molar-refractivity contribution is 9.10. The number of aromatic nitrogens is 1. The van der Waals surface area contributed by atoms with E-state index in [9.17, 15) is 9.59 Å². The molecule has 1 saturated heterocycles. The number of halogens is 1. The molecule has 2 aliphatic rings. The maximum atomic E-state index is 12.5. The minimum Gasteiger partial charge on any atom is -0.466 e. The number of amides is 2. The van der Waals surface area contributed by atoms with Gasteiger partial charge in [-0.2, -0.15) is 0 Å². The van der Waals surface area contributed by atoms with E-state index in [1.54, 1.807) is 11.1 Å². The molecule has 2 unspecified atom stereocenters. The highest BCUT2D eigenvalue weighted by Crippen LogP contribution is 2.35. The third-order valence-corrected chi connectivity index (χ3v) is 5.72. The van der Waals surface area contributed by atoms with E-state index in [0.717, 1.165) is 23.9 Å². The summed E-state index contributed by atoms with van der Waals surface area (Å²) in [7, 11) is 0. The lowest BCUT2D eigenvalue weighted by Crippen LogP contribution is -2.54.